The number of nitro benzene ring substituents is 1. The molecule has 0 heterocycles. The lowest BCUT2D eigenvalue weighted by Gasteiger charge is -2.24. The molecule has 0 saturated heterocycles. The van der Waals surface area contributed by atoms with E-state index in [0.717, 1.165) is 38.8 Å². The Morgan fingerprint density at radius 2 is 1.83 bits per heavy atom. The smallest absolute Gasteiger partial charge is 0.310 e. The molecule has 0 saturated carbocycles. The highest BCUT2D eigenvalue weighted by Crippen LogP contribution is 2.25. The molecule has 0 fully saturated rings. The highest BCUT2D eigenvalue weighted by Gasteiger charge is 2.16. The van der Waals surface area contributed by atoms with Crippen molar-refractivity contribution in [3.05, 3.63) is 34.4 Å². The number of rotatable bonds is 12. The van der Waals surface area contributed by atoms with Gasteiger partial charge in [0.05, 0.1) is 4.92 Å². The van der Waals surface area contributed by atoms with Crippen LogP contribution in [0.4, 0.5) is 5.69 Å². The molecule has 1 rings (SSSR count). The lowest BCUT2D eigenvalue weighted by molar-refractivity contribution is -0.385. The Balaban J connectivity index is 2.51. The van der Waals surface area contributed by atoms with Crippen molar-refractivity contribution in [1.82, 2.24) is 4.90 Å². The zero-order chi connectivity index (χ0) is 17.1. The zero-order valence-corrected chi connectivity index (χ0v) is 14.1. The predicted molar refractivity (Wildman–Crippen MR) is 90.9 cm³/mol. The number of para-hydroxylation sites is 2. The quantitative estimate of drug-likeness (QED) is 0.472. The first-order valence-corrected chi connectivity index (χ1v) is 8.35. The van der Waals surface area contributed by atoms with Crippen molar-refractivity contribution in [2.24, 2.45) is 0 Å². The minimum Gasteiger partial charge on any atom is -0.484 e. The Morgan fingerprint density at radius 1 is 1.22 bits per heavy atom. The molecule has 23 heavy (non-hydrogen) atoms. The van der Waals surface area contributed by atoms with Crippen LogP contribution in [-0.4, -0.2) is 47.3 Å². The number of benzene rings is 1. The first-order valence-electron chi connectivity index (χ1n) is 8.35. The van der Waals surface area contributed by atoms with Crippen molar-refractivity contribution in [2.75, 3.05) is 26.2 Å². The number of aliphatic hydroxyl groups is 1. The van der Waals surface area contributed by atoms with E-state index in [0.29, 0.717) is 6.54 Å². The predicted octanol–water partition coefficient (Wildman–Crippen LogP) is 3.24. The van der Waals surface area contributed by atoms with Gasteiger partial charge in [0.1, 0.15) is 12.7 Å². The molecule has 0 spiro atoms. The third-order valence-corrected chi connectivity index (χ3v) is 3.62. The largest absolute Gasteiger partial charge is 0.484 e. The van der Waals surface area contributed by atoms with Crippen molar-refractivity contribution in [3.63, 3.8) is 0 Å². The summed E-state index contributed by atoms with van der Waals surface area (Å²) >= 11 is 0. The topological polar surface area (TPSA) is 75.8 Å². The summed E-state index contributed by atoms with van der Waals surface area (Å²) in [6.45, 7) is 6.79. The molecule has 0 amide bonds. The van der Waals surface area contributed by atoms with Gasteiger partial charge in [0, 0.05) is 12.6 Å². The maximum absolute atomic E-state index is 10.9. The molecule has 1 aromatic carbocycles. The Labute approximate surface area is 138 Å². The molecule has 6 nitrogen and oxygen atoms in total. The summed E-state index contributed by atoms with van der Waals surface area (Å²) in [6, 6.07) is 6.23. The van der Waals surface area contributed by atoms with Crippen LogP contribution < -0.4 is 4.74 Å². The summed E-state index contributed by atoms with van der Waals surface area (Å²) in [4.78, 5) is 12.7. The third kappa shape index (κ3) is 7.43. The molecule has 1 atom stereocenters. The molecule has 1 aromatic rings. The number of ether oxygens (including phenoxy) is 1. The molecule has 0 aliphatic rings. The van der Waals surface area contributed by atoms with Crippen LogP contribution in [-0.2, 0) is 0 Å². The van der Waals surface area contributed by atoms with Crippen LogP contribution in [0.5, 0.6) is 5.75 Å². The highest BCUT2D eigenvalue weighted by molar-refractivity contribution is 5.45. The van der Waals surface area contributed by atoms with Crippen LogP contribution in [0.25, 0.3) is 0 Å². The summed E-state index contributed by atoms with van der Waals surface area (Å²) < 4.78 is 5.45. The second kappa shape index (κ2) is 11.0. The normalized spacial score (nSPS) is 12.3. The standard InChI is InChI=1S/C17H28N2O4/c1-3-5-11-18(12-6-4-2)13-15(20)14-23-17-10-8-7-9-16(17)19(21)22/h7-10,15,20H,3-6,11-14H2,1-2H3/t15-/m1/s1. The molecule has 0 unspecified atom stereocenters. The van der Waals surface area contributed by atoms with Crippen molar-refractivity contribution < 1.29 is 14.8 Å². The van der Waals surface area contributed by atoms with Crippen LogP contribution >= 0.6 is 0 Å². The number of nitro groups is 1. The van der Waals surface area contributed by atoms with E-state index in [1.807, 2.05) is 0 Å². The fourth-order valence-electron chi connectivity index (χ4n) is 2.32. The van der Waals surface area contributed by atoms with Crippen molar-refractivity contribution in [2.45, 2.75) is 45.6 Å². The third-order valence-electron chi connectivity index (χ3n) is 3.62. The molecule has 1 N–H and O–H groups in total. The van der Waals surface area contributed by atoms with Crippen molar-refractivity contribution >= 4 is 5.69 Å². The van der Waals surface area contributed by atoms with E-state index in [1.54, 1.807) is 18.2 Å². The number of hydrogen-bond acceptors (Lipinski definition) is 5. The summed E-state index contributed by atoms with van der Waals surface area (Å²) in [5, 5.41) is 21.1. The molecule has 0 aliphatic heterocycles. The summed E-state index contributed by atoms with van der Waals surface area (Å²) in [5.74, 6) is 0.199. The molecule has 0 bridgehead atoms. The summed E-state index contributed by atoms with van der Waals surface area (Å²) in [5.41, 5.74) is -0.0754. The summed E-state index contributed by atoms with van der Waals surface area (Å²) in [7, 11) is 0. The van der Waals surface area contributed by atoms with E-state index in [1.165, 1.54) is 6.07 Å². The van der Waals surface area contributed by atoms with E-state index >= 15 is 0 Å². The van der Waals surface area contributed by atoms with Crippen LogP contribution in [0.1, 0.15) is 39.5 Å². The number of nitrogens with zero attached hydrogens (tertiary/aromatic N) is 2. The maximum atomic E-state index is 10.9. The first kappa shape index (κ1) is 19.4. The molecular formula is C17H28N2O4. The maximum Gasteiger partial charge on any atom is 0.310 e. The highest BCUT2D eigenvalue weighted by atomic mass is 16.6. The van der Waals surface area contributed by atoms with E-state index < -0.39 is 11.0 Å². The van der Waals surface area contributed by atoms with Gasteiger partial charge in [-0.05, 0) is 32.0 Å². The van der Waals surface area contributed by atoms with Crippen LogP contribution in [0.2, 0.25) is 0 Å². The Bertz CT molecular complexity index is 460. The average molecular weight is 324 g/mol. The van der Waals surface area contributed by atoms with Gasteiger partial charge in [-0.2, -0.15) is 0 Å². The lowest BCUT2D eigenvalue weighted by atomic mass is 10.2. The number of unbranched alkanes of at least 4 members (excludes halogenated alkanes) is 2. The Hall–Kier alpha value is -1.66. The monoisotopic (exact) mass is 324 g/mol. The summed E-state index contributed by atoms with van der Waals surface area (Å²) in [6.07, 6.45) is 3.77. The molecule has 0 radical (unpaired) electrons. The van der Waals surface area contributed by atoms with E-state index in [2.05, 4.69) is 18.7 Å². The van der Waals surface area contributed by atoms with Gasteiger partial charge in [-0.25, -0.2) is 0 Å². The lowest BCUT2D eigenvalue weighted by Crippen LogP contribution is -2.37. The van der Waals surface area contributed by atoms with Gasteiger partial charge in [-0.3, -0.25) is 10.1 Å². The molecule has 0 aromatic heterocycles. The van der Waals surface area contributed by atoms with Crippen molar-refractivity contribution in [1.29, 1.82) is 0 Å². The fourth-order valence-corrected chi connectivity index (χ4v) is 2.32. The van der Waals surface area contributed by atoms with Gasteiger partial charge in [0.25, 0.3) is 0 Å². The van der Waals surface area contributed by atoms with Gasteiger partial charge in [-0.15, -0.1) is 0 Å². The van der Waals surface area contributed by atoms with Crippen molar-refractivity contribution in [3.8, 4) is 5.75 Å². The van der Waals surface area contributed by atoms with E-state index in [-0.39, 0.29) is 18.0 Å². The van der Waals surface area contributed by atoms with E-state index in [4.69, 9.17) is 4.74 Å². The van der Waals surface area contributed by atoms with Crippen LogP contribution in [0.3, 0.4) is 0 Å². The number of hydrogen-bond donors (Lipinski definition) is 1. The Kier molecular flexibility index (Phi) is 9.24. The SMILES string of the molecule is CCCCN(CCCC)C[C@@H](O)COc1ccccc1[N+](=O)[O-]. The second-order valence-electron chi connectivity index (χ2n) is 5.70. The zero-order valence-electron chi connectivity index (χ0n) is 14.1. The van der Waals surface area contributed by atoms with Gasteiger partial charge >= 0.3 is 5.69 Å². The number of aliphatic hydroxyl groups excluding tert-OH is 1. The fraction of sp³-hybridized carbons (Fsp3) is 0.647. The van der Waals surface area contributed by atoms with Crippen LogP contribution in [0, 0.1) is 10.1 Å². The van der Waals surface area contributed by atoms with Crippen LogP contribution in [0.15, 0.2) is 24.3 Å². The minimum absolute atomic E-state index is 0.0552. The molecule has 0 aliphatic carbocycles. The molecular weight excluding hydrogens is 296 g/mol. The Morgan fingerprint density at radius 3 is 2.39 bits per heavy atom. The van der Waals surface area contributed by atoms with Gasteiger partial charge in [0.15, 0.2) is 5.75 Å². The van der Waals surface area contributed by atoms with E-state index in [9.17, 15) is 15.2 Å². The first-order chi connectivity index (χ1) is 11.1. The average Bonchev–Trinajstić information content (AvgIpc) is 2.55. The minimum atomic E-state index is -0.663. The van der Waals surface area contributed by atoms with Gasteiger partial charge in [0.2, 0.25) is 0 Å². The molecule has 6 heteroatoms. The second-order valence-corrected chi connectivity index (χ2v) is 5.70. The molecule has 130 valence electrons. The van der Waals surface area contributed by atoms with Gasteiger partial charge in [-0.1, -0.05) is 38.8 Å². The van der Waals surface area contributed by atoms with Gasteiger partial charge < -0.3 is 14.7 Å².